The first-order valence-electron chi connectivity index (χ1n) is 4.55. The van der Waals surface area contributed by atoms with Gasteiger partial charge in [-0.3, -0.25) is 4.98 Å². The number of oxime groups is 1. The van der Waals surface area contributed by atoms with E-state index in [1.165, 1.54) is 0 Å². The summed E-state index contributed by atoms with van der Waals surface area (Å²) in [6.07, 6.45) is 3.35. The molecule has 1 rings (SSSR count). The molecule has 0 saturated heterocycles. The van der Waals surface area contributed by atoms with Crippen LogP contribution in [-0.4, -0.2) is 20.8 Å². The molecule has 0 radical (unpaired) electrons. The molecule has 0 saturated carbocycles. The van der Waals surface area contributed by atoms with Gasteiger partial charge in [0.2, 0.25) is 0 Å². The number of pyridine rings is 1. The van der Waals surface area contributed by atoms with E-state index in [4.69, 9.17) is 10.9 Å². The third-order valence-corrected chi connectivity index (χ3v) is 2.74. The number of rotatable bonds is 2. The van der Waals surface area contributed by atoms with Crippen molar-refractivity contribution in [2.24, 2.45) is 10.9 Å². The minimum absolute atomic E-state index is 0.0630. The van der Waals surface area contributed by atoms with Crippen LogP contribution in [0.15, 0.2) is 28.5 Å². The highest BCUT2D eigenvalue weighted by molar-refractivity contribution is 8.00. The third-order valence-electron chi connectivity index (χ3n) is 1.58. The van der Waals surface area contributed by atoms with E-state index in [9.17, 15) is 0 Å². The van der Waals surface area contributed by atoms with Crippen LogP contribution in [0, 0.1) is 0 Å². The van der Waals surface area contributed by atoms with E-state index < -0.39 is 0 Å². The Balaban J connectivity index is 3.07. The summed E-state index contributed by atoms with van der Waals surface area (Å²) >= 11 is 1.64. The highest BCUT2D eigenvalue weighted by Gasteiger charge is 2.16. The topological polar surface area (TPSA) is 71.5 Å². The summed E-state index contributed by atoms with van der Waals surface area (Å²) in [5.74, 6) is 0.115. The van der Waals surface area contributed by atoms with Crippen molar-refractivity contribution in [3.8, 4) is 0 Å². The van der Waals surface area contributed by atoms with Crippen molar-refractivity contribution in [1.82, 2.24) is 4.98 Å². The highest BCUT2D eigenvalue weighted by atomic mass is 32.2. The molecule has 0 aliphatic carbocycles. The number of aromatic nitrogens is 1. The van der Waals surface area contributed by atoms with Crippen LogP contribution in [0.25, 0.3) is 0 Å². The van der Waals surface area contributed by atoms with E-state index in [1.54, 1.807) is 30.2 Å². The highest BCUT2D eigenvalue weighted by Crippen LogP contribution is 2.33. The molecule has 0 aliphatic heterocycles. The van der Waals surface area contributed by atoms with Crippen LogP contribution in [0.1, 0.15) is 26.3 Å². The van der Waals surface area contributed by atoms with Gasteiger partial charge in [0.15, 0.2) is 5.84 Å². The fraction of sp³-hybridized carbons (Fsp3) is 0.400. The van der Waals surface area contributed by atoms with Gasteiger partial charge in [-0.15, -0.1) is 11.8 Å². The molecule has 1 aromatic heterocycles. The Hall–Kier alpha value is -1.23. The van der Waals surface area contributed by atoms with Crippen LogP contribution >= 0.6 is 11.8 Å². The minimum atomic E-state index is 0.0630. The Morgan fingerprint density at radius 2 is 2.20 bits per heavy atom. The summed E-state index contributed by atoms with van der Waals surface area (Å²) < 4.78 is 0.0630. The summed E-state index contributed by atoms with van der Waals surface area (Å²) in [7, 11) is 0. The number of amidine groups is 1. The zero-order valence-corrected chi connectivity index (χ0v) is 9.88. The van der Waals surface area contributed by atoms with Crippen LogP contribution in [-0.2, 0) is 0 Å². The average Bonchev–Trinajstić information content (AvgIpc) is 2.15. The van der Waals surface area contributed by atoms with Gasteiger partial charge in [0.25, 0.3) is 0 Å². The van der Waals surface area contributed by atoms with Crippen molar-refractivity contribution < 1.29 is 5.21 Å². The molecular weight excluding hydrogens is 210 g/mol. The average molecular weight is 225 g/mol. The lowest BCUT2D eigenvalue weighted by Crippen LogP contribution is -2.16. The van der Waals surface area contributed by atoms with Crippen molar-refractivity contribution in [3.05, 3.63) is 24.0 Å². The van der Waals surface area contributed by atoms with E-state index in [0.29, 0.717) is 5.56 Å². The second-order valence-electron chi connectivity index (χ2n) is 4.07. The number of hydrogen-bond acceptors (Lipinski definition) is 4. The van der Waals surface area contributed by atoms with Crippen molar-refractivity contribution in [2.75, 3.05) is 0 Å². The molecule has 4 nitrogen and oxygen atoms in total. The SMILES string of the molecule is CC(C)(C)Sc1cnccc1/C(N)=N/O. The smallest absolute Gasteiger partial charge is 0.171 e. The summed E-state index contributed by atoms with van der Waals surface area (Å²) in [6, 6.07) is 1.74. The van der Waals surface area contributed by atoms with Crippen LogP contribution in [0.2, 0.25) is 0 Å². The summed E-state index contributed by atoms with van der Waals surface area (Å²) in [4.78, 5) is 4.95. The Labute approximate surface area is 93.6 Å². The molecule has 0 bridgehead atoms. The first-order chi connectivity index (χ1) is 6.94. The van der Waals surface area contributed by atoms with Gasteiger partial charge >= 0.3 is 0 Å². The second kappa shape index (κ2) is 4.53. The van der Waals surface area contributed by atoms with Gasteiger partial charge in [-0.25, -0.2) is 0 Å². The van der Waals surface area contributed by atoms with Gasteiger partial charge in [-0.1, -0.05) is 25.9 Å². The first kappa shape index (κ1) is 11.8. The molecule has 0 amide bonds. The summed E-state index contributed by atoms with van der Waals surface area (Å²) in [5, 5.41) is 11.6. The predicted molar refractivity (Wildman–Crippen MR) is 62.4 cm³/mol. The van der Waals surface area contributed by atoms with E-state index in [2.05, 4.69) is 30.9 Å². The molecule has 0 unspecified atom stereocenters. The van der Waals surface area contributed by atoms with Gasteiger partial charge in [0, 0.05) is 27.6 Å². The van der Waals surface area contributed by atoms with E-state index in [0.717, 1.165) is 4.90 Å². The van der Waals surface area contributed by atoms with Crippen LogP contribution in [0.3, 0.4) is 0 Å². The van der Waals surface area contributed by atoms with Crippen LogP contribution in [0.5, 0.6) is 0 Å². The van der Waals surface area contributed by atoms with Gasteiger partial charge in [0.1, 0.15) is 0 Å². The lowest BCUT2D eigenvalue weighted by molar-refractivity contribution is 0.318. The Morgan fingerprint density at radius 3 is 2.73 bits per heavy atom. The van der Waals surface area contributed by atoms with E-state index >= 15 is 0 Å². The number of thioether (sulfide) groups is 1. The zero-order chi connectivity index (χ0) is 11.5. The normalized spacial score (nSPS) is 12.9. The van der Waals surface area contributed by atoms with Crippen molar-refractivity contribution in [3.63, 3.8) is 0 Å². The number of nitrogens with zero attached hydrogens (tertiary/aromatic N) is 2. The molecule has 0 aromatic carbocycles. The fourth-order valence-corrected chi connectivity index (χ4v) is 2.11. The monoisotopic (exact) mass is 225 g/mol. The molecule has 3 N–H and O–H groups in total. The first-order valence-corrected chi connectivity index (χ1v) is 5.36. The molecule has 1 aromatic rings. The Morgan fingerprint density at radius 1 is 1.53 bits per heavy atom. The molecule has 5 heteroatoms. The molecular formula is C10H15N3OS. The van der Waals surface area contributed by atoms with Crippen molar-refractivity contribution >= 4 is 17.6 Å². The van der Waals surface area contributed by atoms with Crippen LogP contribution < -0.4 is 5.73 Å². The van der Waals surface area contributed by atoms with Gasteiger partial charge in [-0.2, -0.15) is 0 Å². The minimum Gasteiger partial charge on any atom is -0.409 e. The molecule has 0 fully saturated rings. The molecule has 15 heavy (non-hydrogen) atoms. The lowest BCUT2D eigenvalue weighted by Gasteiger charge is -2.18. The van der Waals surface area contributed by atoms with Gasteiger partial charge < -0.3 is 10.9 Å². The molecule has 82 valence electrons. The summed E-state index contributed by atoms with van der Waals surface area (Å²) in [6.45, 7) is 6.29. The fourth-order valence-electron chi connectivity index (χ4n) is 1.06. The lowest BCUT2D eigenvalue weighted by atomic mass is 10.2. The van der Waals surface area contributed by atoms with Gasteiger partial charge in [0.05, 0.1) is 0 Å². The standard InChI is InChI=1S/C10H15N3OS/c1-10(2,3)15-8-6-12-5-4-7(8)9(11)13-14/h4-6,14H,1-3H3,(H2,11,13). The number of nitrogens with two attached hydrogens (primary N) is 1. The van der Waals surface area contributed by atoms with Crippen LogP contribution in [0.4, 0.5) is 0 Å². The molecule has 0 atom stereocenters. The second-order valence-corrected chi connectivity index (χ2v) is 5.94. The largest absolute Gasteiger partial charge is 0.409 e. The maximum Gasteiger partial charge on any atom is 0.171 e. The number of hydrogen-bond donors (Lipinski definition) is 2. The maximum atomic E-state index is 8.64. The quantitative estimate of drug-likeness (QED) is 0.266. The van der Waals surface area contributed by atoms with E-state index in [-0.39, 0.29) is 10.6 Å². The molecule has 0 spiro atoms. The predicted octanol–water partition coefficient (Wildman–Crippen LogP) is 2.07. The Kier molecular flexibility index (Phi) is 3.57. The summed E-state index contributed by atoms with van der Waals surface area (Å²) in [5.41, 5.74) is 6.29. The van der Waals surface area contributed by atoms with Gasteiger partial charge in [-0.05, 0) is 6.07 Å². The van der Waals surface area contributed by atoms with Crippen molar-refractivity contribution in [1.29, 1.82) is 0 Å². The molecule has 1 heterocycles. The Bertz CT molecular complexity index is 371. The maximum absolute atomic E-state index is 8.64. The van der Waals surface area contributed by atoms with E-state index in [1.807, 2.05) is 0 Å². The van der Waals surface area contributed by atoms with Crippen molar-refractivity contribution in [2.45, 2.75) is 30.4 Å². The third kappa shape index (κ3) is 3.43. The zero-order valence-electron chi connectivity index (χ0n) is 9.06. The molecule has 0 aliphatic rings.